The first-order valence-electron chi connectivity index (χ1n) is 11.6. The lowest BCUT2D eigenvalue weighted by Gasteiger charge is -2.44. The fourth-order valence-electron chi connectivity index (χ4n) is 5.40. The first-order valence-corrected chi connectivity index (χ1v) is 11.6. The van der Waals surface area contributed by atoms with Crippen molar-refractivity contribution in [2.75, 3.05) is 0 Å². The maximum absolute atomic E-state index is 13.8. The van der Waals surface area contributed by atoms with E-state index in [-0.39, 0.29) is 35.8 Å². The predicted octanol–water partition coefficient (Wildman–Crippen LogP) is 4.75. The van der Waals surface area contributed by atoms with E-state index < -0.39 is 23.8 Å². The standard InChI is InChI=1S/C26H29F3N2O2/c1-3-16(4-2)23-24(32)30-22(20-13-17-9-5-6-10-18(17)14-20)25(33)31(23)15-19-11-7-8-12-21(19)26(27,28)29/h5-12,16,20,22-23H,3-4,13-15H2,1-2H3,(H,30,32)/t22-,23-/m1/s1. The van der Waals surface area contributed by atoms with Crippen molar-refractivity contribution in [1.29, 1.82) is 0 Å². The molecule has 2 aliphatic rings. The van der Waals surface area contributed by atoms with Crippen molar-refractivity contribution in [3.63, 3.8) is 0 Å². The summed E-state index contributed by atoms with van der Waals surface area (Å²) in [4.78, 5) is 28.5. The quantitative estimate of drug-likeness (QED) is 0.679. The highest BCUT2D eigenvalue weighted by molar-refractivity contribution is 5.97. The van der Waals surface area contributed by atoms with Gasteiger partial charge in [-0.25, -0.2) is 0 Å². The highest BCUT2D eigenvalue weighted by Gasteiger charge is 2.47. The third-order valence-electron chi connectivity index (χ3n) is 7.16. The van der Waals surface area contributed by atoms with Crippen molar-refractivity contribution < 1.29 is 22.8 Å². The monoisotopic (exact) mass is 458 g/mol. The molecule has 0 radical (unpaired) electrons. The minimum absolute atomic E-state index is 0.0115. The largest absolute Gasteiger partial charge is 0.416 e. The average molecular weight is 459 g/mol. The van der Waals surface area contributed by atoms with Gasteiger partial charge in [0.05, 0.1) is 5.56 Å². The summed E-state index contributed by atoms with van der Waals surface area (Å²) in [7, 11) is 0. The second-order valence-electron chi connectivity index (χ2n) is 9.07. The van der Waals surface area contributed by atoms with E-state index in [4.69, 9.17) is 0 Å². The Labute approximate surface area is 192 Å². The minimum atomic E-state index is -4.53. The zero-order valence-corrected chi connectivity index (χ0v) is 18.9. The van der Waals surface area contributed by atoms with Crippen LogP contribution in [0.5, 0.6) is 0 Å². The van der Waals surface area contributed by atoms with Crippen LogP contribution in [-0.4, -0.2) is 28.8 Å². The summed E-state index contributed by atoms with van der Waals surface area (Å²) >= 11 is 0. The van der Waals surface area contributed by atoms with Crippen molar-refractivity contribution in [1.82, 2.24) is 10.2 Å². The molecule has 0 unspecified atom stereocenters. The molecule has 1 heterocycles. The molecule has 2 aromatic carbocycles. The number of halogens is 3. The van der Waals surface area contributed by atoms with E-state index in [0.29, 0.717) is 25.7 Å². The third-order valence-corrected chi connectivity index (χ3v) is 7.16. The molecule has 1 saturated heterocycles. The van der Waals surface area contributed by atoms with E-state index in [1.54, 1.807) is 0 Å². The Balaban J connectivity index is 1.68. The van der Waals surface area contributed by atoms with Gasteiger partial charge in [-0.2, -0.15) is 13.2 Å². The Bertz CT molecular complexity index is 1010. The zero-order valence-electron chi connectivity index (χ0n) is 18.9. The fraction of sp³-hybridized carbons (Fsp3) is 0.462. The first kappa shape index (κ1) is 23.3. The van der Waals surface area contributed by atoms with Gasteiger partial charge >= 0.3 is 6.18 Å². The van der Waals surface area contributed by atoms with Crippen LogP contribution < -0.4 is 5.32 Å². The summed E-state index contributed by atoms with van der Waals surface area (Å²) in [5.41, 5.74) is 1.55. The van der Waals surface area contributed by atoms with Crippen LogP contribution >= 0.6 is 0 Å². The summed E-state index contributed by atoms with van der Waals surface area (Å²) in [5.74, 6) is -0.800. The number of amides is 2. The summed E-state index contributed by atoms with van der Waals surface area (Å²) < 4.78 is 41.0. The van der Waals surface area contributed by atoms with Gasteiger partial charge < -0.3 is 10.2 Å². The van der Waals surface area contributed by atoms with Crippen LogP contribution in [0.3, 0.4) is 0 Å². The summed E-state index contributed by atoms with van der Waals surface area (Å²) in [6.07, 6.45) is -1.91. The maximum Gasteiger partial charge on any atom is 0.416 e. The lowest BCUT2D eigenvalue weighted by Crippen LogP contribution is -2.66. The molecule has 7 heteroatoms. The maximum atomic E-state index is 13.8. The van der Waals surface area contributed by atoms with Gasteiger partial charge in [-0.3, -0.25) is 9.59 Å². The molecule has 176 valence electrons. The molecule has 2 aromatic rings. The van der Waals surface area contributed by atoms with Crippen LogP contribution in [-0.2, 0) is 35.2 Å². The van der Waals surface area contributed by atoms with Crippen molar-refractivity contribution in [3.8, 4) is 0 Å². The highest BCUT2D eigenvalue weighted by atomic mass is 19.4. The van der Waals surface area contributed by atoms with Crippen LogP contribution in [0.4, 0.5) is 13.2 Å². The van der Waals surface area contributed by atoms with Gasteiger partial charge in [-0.05, 0) is 47.4 Å². The minimum Gasteiger partial charge on any atom is -0.342 e. The molecule has 33 heavy (non-hydrogen) atoms. The SMILES string of the molecule is CCC(CC)[C@@H]1C(=O)N[C@H](C2Cc3ccccc3C2)C(=O)N1Cc1ccccc1C(F)(F)F. The van der Waals surface area contributed by atoms with Crippen molar-refractivity contribution in [2.45, 2.75) is 64.3 Å². The summed E-state index contributed by atoms with van der Waals surface area (Å²) in [6, 6.07) is 11.7. The Morgan fingerprint density at radius 2 is 1.55 bits per heavy atom. The number of hydrogen-bond acceptors (Lipinski definition) is 2. The number of nitrogens with one attached hydrogen (secondary N) is 1. The lowest BCUT2D eigenvalue weighted by atomic mass is 9.85. The topological polar surface area (TPSA) is 49.4 Å². The molecule has 1 N–H and O–H groups in total. The van der Waals surface area contributed by atoms with Gasteiger partial charge in [0, 0.05) is 6.54 Å². The Kier molecular flexibility index (Phi) is 6.50. The van der Waals surface area contributed by atoms with Crippen LogP contribution in [0, 0.1) is 11.8 Å². The third kappa shape index (κ3) is 4.50. The molecule has 0 saturated carbocycles. The normalized spacial score (nSPS) is 21.5. The fourth-order valence-corrected chi connectivity index (χ4v) is 5.40. The number of alkyl halides is 3. The smallest absolute Gasteiger partial charge is 0.342 e. The molecule has 4 nitrogen and oxygen atoms in total. The number of fused-ring (bicyclic) bond motifs is 1. The molecule has 0 aromatic heterocycles. The van der Waals surface area contributed by atoms with Crippen molar-refractivity contribution in [3.05, 3.63) is 70.8 Å². The number of piperazine rings is 1. The zero-order chi connectivity index (χ0) is 23.8. The van der Waals surface area contributed by atoms with E-state index >= 15 is 0 Å². The van der Waals surface area contributed by atoms with Crippen LogP contribution in [0.2, 0.25) is 0 Å². The van der Waals surface area contributed by atoms with Gasteiger partial charge in [0.15, 0.2) is 0 Å². The Morgan fingerprint density at radius 3 is 2.12 bits per heavy atom. The van der Waals surface area contributed by atoms with Gasteiger partial charge in [0.1, 0.15) is 12.1 Å². The molecule has 2 atom stereocenters. The van der Waals surface area contributed by atoms with E-state index in [1.807, 2.05) is 38.1 Å². The Hall–Kier alpha value is -2.83. The van der Waals surface area contributed by atoms with Crippen LogP contribution in [0.1, 0.15) is 48.9 Å². The van der Waals surface area contributed by atoms with Gasteiger partial charge in [0.2, 0.25) is 11.8 Å². The second kappa shape index (κ2) is 9.20. The number of hydrogen-bond donors (Lipinski definition) is 1. The molecular formula is C26H29F3N2O2. The van der Waals surface area contributed by atoms with E-state index in [9.17, 15) is 22.8 Å². The molecule has 1 fully saturated rings. The number of carbonyl (C=O) groups is 2. The van der Waals surface area contributed by atoms with Crippen molar-refractivity contribution >= 4 is 11.8 Å². The van der Waals surface area contributed by atoms with Gasteiger partial charge in [-0.1, -0.05) is 69.2 Å². The molecular weight excluding hydrogens is 429 g/mol. The number of benzene rings is 2. The number of carbonyl (C=O) groups excluding carboxylic acids is 2. The highest BCUT2D eigenvalue weighted by Crippen LogP contribution is 2.36. The average Bonchev–Trinajstić information content (AvgIpc) is 3.22. The molecule has 0 bridgehead atoms. The van der Waals surface area contributed by atoms with Crippen LogP contribution in [0.25, 0.3) is 0 Å². The lowest BCUT2D eigenvalue weighted by molar-refractivity contribution is -0.154. The number of nitrogens with zero attached hydrogens (tertiary/aromatic N) is 1. The predicted molar refractivity (Wildman–Crippen MR) is 119 cm³/mol. The number of rotatable bonds is 6. The van der Waals surface area contributed by atoms with Gasteiger partial charge in [0.25, 0.3) is 0 Å². The molecule has 2 amide bonds. The van der Waals surface area contributed by atoms with Crippen molar-refractivity contribution in [2.24, 2.45) is 11.8 Å². The van der Waals surface area contributed by atoms with E-state index in [1.165, 1.54) is 23.1 Å². The molecule has 1 aliphatic heterocycles. The van der Waals surface area contributed by atoms with Crippen LogP contribution in [0.15, 0.2) is 48.5 Å². The first-order chi connectivity index (χ1) is 15.7. The molecule has 0 spiro atoms. The van der Waals surface area contributed by atoms with E-state index in [0.717, 1.165) is 17.2 Å². The van der Waals surface area contributed by atoms with Gasteiger partial charge in [-0.15, -0.1) is 0 Å². The molecule has 4 rings (SSSR count). The Morgan fingerprint density at radius 1 is 0.970 bits per heavy atom. The summed E-state index contributed by atoms with van der Waals surface area (Å²) in [5, 5.41) is 2.95. The second-order valence-corrected chi connectivity index (χ2v) is 9.07. The summed E-state index contributed by atoms with van der Waals surface area (Å²) in [6.45, 7) is 3.64. The van der Waals surface area contributed by atoms with E-state index in [2.05, 4.69) is 5.32 Å². The molecule has 1 aliphatic carbocycles.